The van der Waals surface area contributed by atoms with Gasteiger partial charge in [-0.15, -0.1) is 0 Å². The van der Waals surface area contributed by atoms with Crippen LogP contribution in [0.4, 0.5) is 5.69 Å². The van der Waals surface area contributed by atoms with Gasteiger partial charge in [-0.1, -0.05) is 30.3 Å². The monoisotopic (exact) mass is 685 g/mol. The summed E-state index contributed by atoms with van der Waals surface area (Å²) in [5, 5.41) is 20.0. The molecule has 0 radical (unpaired) electrons. The summed E-state index contributed by atoms with van der Waals surface area (Å²) in [6.07, 6.45) is 0. The van der Waals surface area contributed by atoms with Gasteiger partial charge in [-0.2, -0.15) is 5.26 Å². The second kappa shape index (κ2) is 10.4. The molecule has 0 amide bonds. The van der Waals surface area contributed by atoms with E-state index in [4.69, 9.17) is 15.2 Å². The lowest BCUT2D eigenvalue weighted by Crippen LogP contribution is -2.41. The van der Waals surface area contributed by atoms with Gasteiger partial charge in [0.05, 0.1) is 48.6 Å². The zero-order valence-corrected chi connectivity index (χ0v) is 22.1. The number of hydrogen-bond donors (Lipinski definition) is 2. The fourth-order valence-electron chi connectivity index (χ4n) is 3.70. The Morgan fingerprint density at radius 2 is 1.71 bits per heavy atom. The second-order valence-corrected chi connectivity index (χ2v) is 9.33. The molecule has 1 aliphatic heterocycles. The highest BCUT2D eigenvalue weighted by Crippen LogP contribution is 2.45. The summed E-state index contributed by atoms with van der Waals surface area (Å²) in [5.74, 6) is -4.37. The lowest BCUT2D eigenvalue weighted by Gasteiger charge is -2.36. The molecule has 0 aromatic heterocycles. The van der Waals surface area contributed by atoms with Gasteiger partial charge in [0.25, 0.3) is 0 Å². The molecule has 2 aromatic rings. The SMILES string of the molecule is COC(=O)C1=C(C(=O)OC)N(c2c(I)cc(I)cc2C(=O)O)C(N)=C(C#N)C1c1ccccc1. The van der Waals surface area contributed by atoms with Crippen molar-refractivity contribution in [2.75, 3.05) is 19.1 Å². The zero-order chi connectivity index (χ0) is 25.2. The Morgan fingerprint density at radius 3 is 2.24 bits per heavy atom. The zero-order valence-electron chi connectivity index (χ0n) is 17.8. The number of esters is 2. The molecule has 0 fully saturated rings. The first-order valence-electron chi connectivity index (χ1n) is 9.55. The lowest BCUT2D eigenvalue weighted by molar-refractivity contribution is -0.139. The average molecular weight is 685 g/mol. The van der Waals surface area contributed by atoms with Crippen LogP contribution in [-0.4, -0.2) is 37.2 Å². The average Bonchev–Trinajstić information content (AvgIpc) is 2.82. The largest absolute Gasteiger partial charge is 0.478 e. The molecule has 174 valence electrons. The Kier molecular flexibility index (Phi) is 7.82. The van der Waals surface area contributed by atoms with Crippen LogP contribution in [0.5, 0.6) is 0 Å². The normalized spacial score (nSPS) is 15.6. The maximum absolute atomic E-state index is 13.1. The number of carbonyl (C=O) groups is 3. The van der Waals surface area contributed by atoms with Gasteiger partial charge in [-0.25, -0.2) is 14.4 Å². The number of nitriles is 1. The molecule has 2 aromatic carbocycles. The Morgan fingerprint density at radius 1 is 1.09 bits per heavy atom. The number of carboxylic acid groups (broad SMARTS) is 1. The van der Waals surface area contributed by atoms with Crippen LogP contribution in [0.25, 0.3) is 0 Å². The van der Waals surface area contributed by atoms with Gasteiger partial charge in [-0.3, -0.25) is 4.90 Å². The minimum Gasteiger partial charge on any atom is -0.478 e. The molecule has 0 aliphatic carbocycles. The fourth-order valence-corrected chi connectivity index (χ4v) is 5.79. The highest BCUT2D eigenvalue weighted by molar-refractivity contribution is 14.1. The Labute approximate surface area is 222 Å². The molecule has 0 saturated carbocycles. The molecule has 11 heteroatoms. The minimum atomic E-state index is -1.29. The standard InChI is InChI=1S/C23H17I2N3O6/c1-33-22(31)17-16(11-6-4-3-5-7-11)14(10-26)20(27)28(19(17)23(32)34-2)18-13(21(29)30)8-12(24)9-15(18)25/h3-9,16H,27H2,1-2H3,(H,29,30). The smallest absolute Gasteiger partial charge is 0.355 e. The van der Waals surface area contributed by atoms with Crippen molar-refractivity contribution in [3.05, 3.63) is 83.4 Å². The highest BCUT2D eigenvalue weighted by atomic mass is 127. The molecule has 3 N–H and O–H groups in total. The van der Waals surface area contributed by atoms with Crippen molar-refractivity contribution < 1.29 is 29.0 Å². The predicted molar refractivity (Wildman–Crippen MR) is 138 cm³/mol. The van der Waals surface area contributed by atoms with Crippen LogP contribution >= 0.6 is 45.2 Å². The number of nitrogens with zero attached hydrogens (tertiary/aromatic N) is 2. The number of nitrogens with two attached hydrogens (primary N) is 1. The molecule has 1 heterocycles. The van der Waals surface area contributed by atoms with Crippen LogP contribution in [0.3, 0.4) is 0 Å². The number of aromatic carboxylic acids is 1. The number of carbonyl (C=O) groups excluding carboxylic acids is 2. The number of allylic oxidation sites excluding steroid dienone is 1. The van der Waals surface area contributed by atoms with E-state index in [1.807, 2.05) is 51.3 Å². The number of ether oxygens (including phenoxy) is 2. The third-order valence-corrected chi connectivity index (χ3v) is 6.54. The summed E-state index contributed by atoms with van der Waals surface area (Å²) < 4.78 is 11.0. The van der Waals surface area contributed by atoms with E-state index < -0.39 is 23.8 Å². The molecule has 0 saturated heterocycles. The number of hydrogen-bond acceptors (Lipinski definition) is 8. The van der Waals surface area contributed by atoms with Crippen LogP contribution in [0.15, 0.2) is 65.1 Å². The minimum absolute atomic E-state index is 0.0204. The van der Waals surface area contributed by atoms with Gasteiger partial charge in [0.1, 0.15) is 11.5 Å². The Balaban J connectivity index is 2.53. The maximum atomic E-state index is 13.1. The molecule has 3 rings (SSSR count). The van der Waals surface area contributed by atoms with E-state index in [1.54, 1.807) is 36.4 Å². The van der Waals surface area contributed by atoms with E-state index in [0.717, 1.165) is 19.1 Å². The van der Waals surface area contributed by atoms with Crippen molar-refractivity contribution in [2.24, 2.45) is 5.73 Å². The van der Waals surface area contributed by atoms with Gasteiger partial charge >= 0.3 is 17.9 Å². The Bertz CT molecular complexity index is 1300. The van der Waals surface area contributed by atoms with Crippen LogP contribution < -0.4 is 10.6 Å². The Hall–Kier alpha value is -3.12. The third-order valence-electron chi connectivity index (χ3n) is 5.09. The van der Waals surface area contributed by atoms with Gasteiger partial charge < -0.3 is 20.3 Å². The maximum Gasteiger partial charge on any atom is 0.355 e. The first-order chi connectivity index (χ1) is 16.2. The second-order valence-electron chi connectivity index (χ2n) is 6.92. The number of methoxy groups -OCH3 is 2. The first-order valence-corrected chi connectivity index (χ1v) is 11.7. The summed E-state index contributed by atoms with van der Waals surface area (Å²) >= 11 is 3.88. The quantitative estimate of drug-likeness (QED) is 0.358. The van der Waals surface area contributed by atoms with Crippen molar-refractivity contribution in [3.63, 3.8) is 0 Å². The number of carboxylic acids is 1. The topological polar surface area (TPSA) is 143 Å². The predicted octanol–water partition coefficient (Wildman–Crippen LogP) is 3.49. The van der Waals surface area contributed by atoms with Crippen LogP contribution in [0.2, 0.25) is 0 Å². The summed E-state index contributed by atoms with van der Waals surface area (Å²) in [6.45, 7) is 0. The van der Waals surface area contributed by atoms with Crippen molar-refractivity contribution in [2.45, 2.75) is 5.92 Å². The van der Waals surface area contributed by atoms with Gasteiger partial charge in [0.15, 0.2) is 0 Å². The number of halogens is 2. The summed E-state index contributed by atoms with van der Waals surface area (Å²) in [4.78, 5) is 39.4. The lowest BCUT2D eigenvalue weighted by atomic mass is 9.80. The van der Waals surface area contributed by atoms with Crippen LogP contribution in [-0.2, 0) is 19.1 Å². The van der Waals surface area contributed by atoms with Crippen molar-refractivity contribution in [1.82, 2.24) is 0 Å². The number of rotatable bonds is 5. The van der Waals surface area contributed by atoms with Crippen LogP contribution in [0, 0.1) is 18.5 Å². The van der Waals surface area contributed by atoms with E-state index in [0.29, 0.717) is 12.7 Å². The molecule has 1 aliphatic rings. The molecule has 34 heavy (non-hydrogen) atoms. The summed E-state index contributed by atoms with van der Waals surface area (Å²) in [6, 6.07) is 13.7. The molecule has 9 nitrogen and oxygen atoms in total. The van der Waals surface area contributed by atoms with Crippen molar-refractivity contribution in [3.8, 4) is 6.07 Å². The molecule has 1 atom stereocenters. The molecule has 0 bridgehead atoms. The number of benzene rings is 2. The summed E-state index contributed by atoms with van der Waals surface area (Å²) in [7, 11) is 2.26. The van der Waals surface area contributed by atoms with Gasteiger partial charge in [0.2, 0.25) is 0 Å². The van der Waals surface area contributed by atoms with Gasteiger partial charge in [-0.05, 0) is 62.9 Å². The first kappa shape index (κ1) is 25.5. The van der Waals surface area contributed by atoms with E-state index >= 15 is 0 Å². The van der Waals surface area contributed by atoms with E-state index in [9.17, 15) is 24.8 Å². The fraction of sp³-hybridized carbons (Fsp3) is 0.130. The molecular weight excluding hydrogens is 668 g/mol. The van der Waals surface area contributed by atoms with E-state index in [2.05, 4.69) is 0 Å². The molecule has 1 unspecified atom stereocenters. The van der Waals surface area contributed by atoms with Crippen LogP contribution in [0.1, 0.15) is 21.8 Å². The van der Waals surface area contributed by atoms with E-state index in [-0.39, 0.29) is 33.9 Å². The van der Waals surface area contributed by atoms with E-state index in [1.165, 1.54) is 6.07 Å². The highest BCUT2D eigenvalue weighted by Gasteiger charge is 2.44. The number of anilines is 1. The van der Waals surface area contributed by atoms with Crippen molar-refractivity contribution in [1.29, 1.82) is 5.26 Å². The van der Waals surface area contributed by atoms with Gasteiger partial charge in [0, 0.05) is 7.14 Å². The third kappa shape index (κ3) is 4.47. The molecule has 0 spiro atoms. The molecular formula is C23H17I2N3O6. The van der Waals surface area contributed by atoms with Crippen molar-refractivity contribution >= 4 is 68.8 Å². The summed E-state index contributed by atoms with van der Waals surface area (Å²) in [5.41, 5.74) is 6.22.